The molecule has 102 valence electrons. The van der Waals surface area contributed by atoms with Gasteiger partial charge in [-0.2, -0.15) is 15.6 Å². The Labute approximate surface area is 119 Å². The number of nitrogens with one attached hydrogen (secondary N) is 1. The predicted octanol–water partition coefficient (Wildman–Crippen LogP) is 2.12. The number of anilines is 1. The molecule has 0 bridgehead atoms. The number of benzene rings is 1. The van der Waals surface area contributed by atoms with Gasteiger partial charge in [-0.1, -0.05) is 12.1 Å². The maximum absolute atomic E-state index is 10.7. The molecule has 0 fully saturated rings. The highest BCUT2D eigenvalue weighted by Gasteiger charge is 2.11. The Hall–Kier alpha value is -3.65. The van der Waals surface area contributed by atoms with Crippen molar-refractivity contribution in [3.05, 3.63) is 58.5 Å². The highest BCUT2D eigenvalue weighted by Crippen LogP contribution is 2.21. The average molecular weight is 280 g/mol. The number of nitriles is 2. The Kier molecular flexibility index (Phi) is 3.93. The number of para-hydroxylation sites is 2. The second kappa shape index (κ2) is 5.99. The van der Waals surface area contributed by atoms with Crippen LogP contribution in [0.1, 0.15) is 0 Å². The SMILES string of the molecule is N#CC(C#N)=CNc1ccccc1-n1cc([N+](=O)[O-])cn1. The first-order valence-electron chi connectivity index (χ1n) is 5.71. The van der Waals surface area contributed by atoms with E-state index in [0.717, 1.165) is 6.20 Å². The van der Waals surface area contributed by atoms with Crippen LogP contribution >= 0.6 is 0 Å². The summed E-state index contributed by atoms with van der Waals surface area (Å²) in [6.07, 6.45) is 3.68. The van der Waals surface area contributed by atoms with Gasteiger partial charge in [-0.15, -0.1) is 0 Å². The Bertz CT molecular complexity index is 777. The zero-order valence-electron chi connectivity index (χ0n) is 10.6. The molecule has 21 heavy (non-hydrogen) atoms. The molecule has 0 unspecified atom stereocenters. The van der Waals surface area contributed by atoms with Crippen molar-refractivity contribution in [2.75, 3.05) is 5.32 Å². The molecule has 0 saturated carbocycles. The molecule has 8 nitrogen and oxygen atoms in total. The lowest BCUT2D eigenvalue weighted by atomic mass is 10.2. The van der Waals surface area contributed by atoms with Crippen molar-refractivity contribution >= 4 is 11.4 Å². The molecule has 2 aromatic rings. The van der Waals surface area contributed by atoms with Crippen LogP contribution in [0.4, 0.5) is 11.4 Å². The Morgan fingerprint density at radius 3 is 2.71 bits per heavy atom. The minimum absolute atomic E-state index is 0.0868. The van der Waals surface area contributed by atoms with Gasteiger partial charge in [-0.05, 0) is 12.1 Å². The number of nitrogens with zero attached hydrogens (tertiary/aromatic N) is 5. The van der Waals surface area contributed by atoms with E-state index in [9.17, 15) is 10.1 Å². The van der Waals surface area contributed by atoms with Crippen LogP contribution in [-0.4, -0.2) is 14.7 Å². The molecular formula is C13H8N6O2. The van der Waals surface area contributed by atoms with Gasteiger partial charge in [0, 0.05) is 6.20 Å². The van der Waals surface area contributed by atoms with Crippen LogP contribution in [0.3, 0.4) is 0 Å². The summed E-state index contributed by atoms with van der Waals surface area (Å²) < 4.78 is 1.34. The number of hydrogen-bond donors (Lipinski definition) is 1. The number of aromatic nitrogens is 2. The third-order valence-electron chi connectivity index (χ3n) is 2.54. The molecule has 0 amide bonds. The van der Waals surface area contributed by atoms with Gasteiger partial charge in [0.05, 0.1) is 16.3 Å². The molecule has 1 aromatic heterocycles. The largest absolute Gasteiger partial charge is 0.358 e. The second-order valence-electron chi connectivity index (χ2n) is 3.84. The van der Waals surface area contributed by atoms with E-state index in [1.54, 1.807) is 36.4 Å². The first-order chi connectivity index (χ1) is 10.2. The summed E-state index contributed by atoms with van der Waals surface area (Å²) in [5.41, 5.74) is 0.891. The van der Waals surface area contributed by atoms with Crippen molar-refractivity contribution in [1.29, 1.82) is 10.5 Å². The fourth-order valence-corrected chi connectivity index (χ4v) is 1.57. The Balaban J connectivity index is 2.37. The molecule has 1 aromatic carbocycles. The van der Waals surface area contributed by atoms with E-state index in [0.29, 0.717) is 11.4 Å². The van der Waals surface area contributed by atoms with Gasteiger partial charge in [-0.25, -0.2) is 4.68 Å². The van der Waals surface area contributed by atoms with E-state index in [4.69, 9.17) is 10.5 Å². The van der Waals surface area contributed by atoms with E-state index < -0.39 is 4.92 Å². The maximum atomic E-state index is 10.7. The normalized spacial score (nSPS) is 9.24. The smallest absolute Gasteiger partial charge is 0.307 e. The van der Waals surface area contributed by atoms with Crippen LogP contribution in [0.15, 0.2) is 48.4 Å². The molecule has 0 saturated heterocycles. The van der Waals surface area contributed by atoms with Gasteiger partial charge >= 0.3 is 5.69 Å². The van der Waals surface area contributed by atoms with E-state index in [2.05, 4.69) is 10.4 Å². The Morgan fingerprint density at radius 1 is 1.38 bits per heavy atom. The van der Waals surface area contributed by atoms with Gasteiger partial charge < -0.3 is 5.32 Å². The topological polar surface area (TPSA) is 121 Å². The van der Waals surface area contributed by atoms with Crippen molar-refractivity contribution in [2.45, 2.75) is 0 Å². The first-order valence-corrected chi connectivity index (χ1v) is 5.71. The van der Waals surface area contributed by atoms with Crippen molar-refractivity contribution in [3.8, 4) is 17.8 Å². The first kappa shape index (κ1) is 13.8. The number of allylic oxidation sites excluding steroid dienone is 1. The fraction of sp³-hybridized carbons (Fsp3) is 0. The summed E-state index contributed by atoms with van der Waals surface area (Å²) in [6.45, 7) is 0. The van der Waals surface area contributed by atoms with Gasteiger partial charge in [0.2, 0.25) is 0 Å². The second-order valence-corrected chi connectivity index (χ2v) is 3.84. The number of nitro groups is 1. The van der Waals surface area contributed by atoms with Crippen LogP contribution in [0, 0.1) is 32.8 Å². The van der Waals surface area contributed by atoms with Crippen LogP contribution in [0.25, 0.3) is 5.69 Å². The summed E-state index contributed by atoms with van der Waals surface area (Å²) in [5.74, 6) is 0. The highest BCUT2D eigenvalue weighted by atomic mass is 16.6. The Morgan fingerprint density at radius 2 is 2.10 bits per heavy atom. The van der Waals surface area contributed by atoms with Gasteiger partial charge in [-0.3, -0.25) is 10.1 Å². The van der Waals surface area contributed by atoms with Crippen LogP contribution in [-0.2, 0) is 0 Å². The molecule has 0 atom stereocenters. The van der Waals surface area contributed by atoms with Gasteiger partial charge in [0.1, 0.15) is 30.1 Å². The summed E-state index contributed by atoms with van der Waals surface area (Å²) >= 11 is 0. The molecule has 0 aliphatic heterocycles. The highest BCUT2D eigenvalue weighted by molar-refractivity contribution is 5.63. The van der Waals surface area contributed by atoms with Crippen molar-refractivity contribution < 1.29 is 4.92 Å². The molecule has 8 heteroatoms. The molecule has 0 aliphatic carbocycles. The van der Waals surface area contributed by atoms with Crippen molar-refractivity contribution in [1.82, 2.24) is 9.78 Å². The van der Waals surface area contributed by atoms with Crippen molar-refractivity contribution in [2.24, 2.45) is 0 Å². The van der Waals surface area contributed by atoms with Gasteiger partial charge in [0.15, 0.2) is 0 Å². The lowest BCUT2D eigenvalue weighted by Gasteiger charge is -2.08. The van der Waals surface area contributed by atoms with E-state index in [1.807, 2.05) is 0 Å². The van der Waals surface area contributed by atoms with Gasteiger partial charge in [0.25, 0.3) is 0 Å². The quantitative estimate of drug-likeness (QED) is 0.520. The van der Waals surface area contributed by atoms with Crippen molar-refractivity contribution in [3.63, 3.8) is 0 Å². The minimum Gasteiger partial charge on any atom is -0.358 e. The van der Waals surface area contributed by atoms with Crippen LogP contribution in [0.2, 0.25) is 0 Å². The average Bonchev–Trinajstić information content (AvgIpc) is 2.98. The third kappa shape index (κ3) is 3.03. The molecule has 1 heterocycles. The summed E-state index contributed by atoms with van der Waals surface area (Å²) in [7, 11) is 0. The van der Waals surface area contributed by atoms with E-state index in [-0.39, 0.29) is 11.3 Å². The molecule has 0 aliphatic rings. The lowest BCUT2D eigenvalue weighted by Crippen LogP contribution is -2.00. The van der Waals surface area contributed by atoms with Crippen LogP contribution < -0.4 is 5.32 Å². The summed E-state index contributed by atoms with van der Waals surface area (Å²) in [6, 6.07) is 10.3. The van der Waals surface area contributed by atoms with E-state index in [1.165, 1.54) is 17.1 Å². The maximum Gasteiger partial charge on any atom is 0.307 e. The van der Waals surface area contributed by atoms with Crippen LogP contribution in [0.5, 0.6) is 0 Å². The summed E-state index contributed by atoms with van der Waals surface area (Å²) in [4.78, 5) is 10.1. The third-order valence-corrected chi connectivity index (χ3v) is 2.54. The fourth-order valence-electron chi connectivity index (χ4n) is 1.57. The monoisotopic (exact) mass is 280 g/mol. The molecule has 0 radical (unpaired) electrons. The molecule has 2 rings (SSSR count). The zero-order chi connectivity index (χ0) is 15.2. The van der Waals surface area contributed by atoms with E-state index >= 15 is 0 Å². The zero-order valence-corrected chi connectivity index (χ0v) is 10.6. The lowest BCUT2D eigenvalue weighted by molar-refractivity contribution is -0.384. The minimum atomic E-state index is -0.539. The molecule has 1 N–H and O–H groups in total. The standard InChI is InChI=1S/C13H8N6O2/c14-5-10(6-15)7-16-12-3-1-2-4-13(12)18-9-11(8-17-18)19(20)21/h1-4,7-9,16H. The number of rotatable bonds is 4. The molecule has 0 spiro atoms. The number of hydrogen-bond acceptors (Lipinski definition) is 6. The molecular weight excluding hydrogens is 272 g/mol. The predicted molar refractivity (Wildman–Crippen MR) is 73.2 cm³/mol. The summed E-state index contributed by atoms with van der Waals surface area (Å²) in [5, 5.41) is 34.8.